The molecule has 0 aliphatic heterocycles. The number of carbonyl (C=O) groups is 1. The third-order valence-corrected chi connectivity index (χ3v) is 4.22. The molecule has 1 heterocycles. The third-order valence-electron chi connectivity index (χ3n) is 4.22. The second-order valence-electron chi connectivity index (χ2n) is 8.28. The number of furan rings is 1. The highest BCUT2D eigenvalue weighted by Crippen LogP contribution is 2.40. The van der Waals surface area contributed by atoms with Crippen molar-refractivity contribution in [1.82, 2.24) is 5.32 Å². The number of nitrogens with one attached hydrogen (secondary N) is 2. The van der Waals surface area contributed by atoms with Gasteiger partial charge in [-0.2, -0.15) is 0 Å². The number of rotatable bonds is 5. The Balaban J connectivity index is 2.27. The van der Waals surface area contributed by atoms with Gasteiger partial charge in [0.1, 0.15) is 22.9 Å². The molecule has 0 saturated heterocycles. The van der Waals surface area contributed by atoms with Gasteiger partial charge in [-0.15, -0.1) is 0 Å². The fourth-order valence-corrected chi connectivity index (χ4v) is 3.13. The maximum Gasteiger partial charge on any atom is 0.255 e. The van der Waals surface area contributed by atoms with E-state index in [9.17, 15) is 9.18 Å². The zero-order valence-electron chi connectivity index (χ0n) is 17.6. The van der Waals surface area contributed by atoms with Gasteiger partial charge in [-0.25, -0.2) is 4.39 Å². The summed E-state index contributed by atoms with van der Waals surface area (Å²) in [5.74, 6) is 0.396. The summed E-state index contributed by atoms with van der Waals surface area (Å²) in [5.41, 5.74) is 2.15. The number of anilines is 1. The number of fused-ring (bicyclic) bond motifs is 1. The summed E-state index contributed by atoms with van der Waals surface area (Å²) in [5, 5.41) is 6.73. The van der Waals surface area contributed by atoms with Crippen molar-refractivity contribution in [2.24, 2.45) is 0 Å². The van der Waals surface area contributed by atoms with E-state index in [-0.39, 0.29) is 23.4 Å². The van der Waals surface area contributed by atoms with E-state index in [1.807, 2.05) is 26.0 Å². The van der Waals surface area contributed by atoms with Crippen LogP contribution in [0.4, 0.5) is 10.1 Å². The normalized spacial score (nSPS) is 11.7. The molecule has 1 amide bonds. The maximum absolute atomic E-state index is 13.4. The van der Waals surface area contributed by atoms with Gasteiger partial charge in [0.25, 0.3) is 5.91 Å². The van der Waals surface area contributed by atoms with E-state index in [4.69, 9.17) is 9.15 Å². The minimum Gasteiger partial charge on any atom is -0.489 e. The smallest absolute Gasteiger partial charge is 0.255 e. The van der Waals surface area contributed by atoms with Crippen LogP contribution >= 0.6 is 0 Å². The molecule has 0 saturated carbocycles. The van der Waals surface area contributed by atoms with Crippen LogP contribution in [-0.4, -0.2) is 24.6 Å². The standard InChI is InChI=1S/C23H27FN2O3/c1-13(2)28-19-11-16-18(12-17(19)26-23(3,4)5)29-21(20(16)22(27)25-6)14-7-9-15(24)10-8-14/h7-13,26H,1-6H3,(H,25,27). The third kappa shape index (κ3) is 4.53. The van der Waals surface area contributed by atoms with E-state index in [1.165, 1.54) is 12.1 Å². The van der Waals surface area contributed by atoms with Gasteiger partial charge in [-0.3, -0.25) is 4.79 Å². The van der Waals surface area contributed by atoms with Gasteiger partial charge in [0.15, 0.2) is 0 Å². The first-order valence-electron chi connectivity index (χ1n) is 9.62. The van der Waals surface area contributed by atoms with Crippen LogP contribution < -0.4 is 15.4 Å². The summed E-state index contributed by atoms with van der Waals surface area (Å²) < 4.78 is 25.5. The highest BCUT2D eigenvalue weighted by Gasteiger charge is 2.24. The van der Waals surface area contributed by atoms with Crippen molar-refractivity contribution in [3.63, 3.8) is 0 Å². The monoisotopic (exact) mass is 398 g/mol. The van der Waals surface area contributed by atoms with Crippen molar-refractivity contribution >= 4 is 22.6 Å². The lowest BCUT2D eigenvalue weighted by Crippen LogP contribution is -2.26. The van der Waals surface area contributed by atoms with Crippen LogP contribution in [0.2, 0.25) is 0 Å². The van der Waals surface area contributed by atoms with E-state index in [2.05, 4.69) is 31.4 Å². The lowest BCUT2D eigenvalue weighted by molar-refractivity contribution is 0.0964. The van der Waals surface area contributed by atoms with E-state index in [0.29, 0.717) is 33.6 Å². The Bertz CT molecular complexity index is 1030. The number of hydrogen-bond acceptors (Lipinski definition) is 4. The first kappa shape index (κ1) is 20.7. The van der Waals surface area contributed by atoms with Gasteiger partial charge in [0.05, 0.1) is 17.4 Å². The summed E-state index contributed by atoms with van der Waals surface area (Å²) in [6.45, 7) is 10.1. The average molecular weight is 398 g/mol. The molecule has 3 aromatic rings. The SMILES string of the molecule is CNC(=O)c1c(-c2ccc(F)cc2)oc2cc(NC(C)(C)C)c(OC(C)C)cc12. The highest BCUT2D eigenvalue weighted by atomic mass is 19.1. The second-order valence-corrected chi connectivity index (χ2v) is 8.28. The van der Waals surface area contributed by atoms with Crippen molar-refractivity contribution in [2.45, 2.75) is 46.3 Å². The highest BCUT2D eigenvalue weighted by molar-refractivity contribution is 6.12. The number of benzene rings is 2. The Hall–Kier alpha value is -3.02. The van der Waals surface area contributed by atoms with Crippen LogP contribution in [0.5, 0.6) is 5.75 Å². The summed E-state index contributed by atoms with van der Waals surface area (Å²) in [6, 6.07) is 9.55. The molecule has 1 aromatic heterocycles. The van der Waals surface area contributed by atoms with Gasteiger partial charge in [0.2, 0.25) is 0 Å². The predicted molar refractivity (Wildman–Crippen MR) is 114 cm³/mol. The summed E-state index contributed by atoms with van der Waals surface area (Å²) in [7, 11) is 1.57. The lowest BCUT2D eigenvalue weighted by Gasteiger charge is -2.24. The molecule has 0 radical (unpaired) electrons. The summed E-state index contributed by atoms with van der Waals surface area (Å²) >= 11 is 0. The molecular formula is C23H27FN2O3. The van der Waals surface area contributed by atoms with E-state index in [0.717, 1.165) is 5.69 Å². The molecule has 0 unspecified atom stereocenters. The minimum absolute atomic E-state index is 0.0418. The number of amides is 1. The number of hydrogen-bond donors (Lipinski definition) is 2. The molecule has 0 atom stereocenters. The van der Waals surface area contributed by atoms with Crippen LogP contribution in [0.3, 0.4) is 0 Å². The lowest BCUT2D eigenvalue weighted by atomic mass is 10.0. The van der Waals surface area contributed by atoms with Crippen molar-refractivity contribution in [2.75, 3.05) is 12.4 Å². The quantitative estimate of drug-likeness (QED) is 0.587. The Morgan fingerprint density at radius 2 is 1.79 bits per heavy atom. The topological polar surface area (TPSA) is 63.5 Å². The second kappa shape index (κ2) is 7.78. The molecule has 6 heteroatoms. The van der Waals surface area contributed by atoms with Crippen molar-refractivity contribution in [1.29, 1.82) is 0 Å². The van der Waals surface area contributed by atoms with Crippen LogP contribution in [0, 0.1) is 5.82 Å². The molecule has 2 aromatic carbocycles. The molecule has 29 heavy (non-hydrogen) atoms. The molecule has 154 valence electrons. The summed E-state index contributed by atoms with van der Waals surface area (Å²) in [4.78, 5) is 12.7. The molecule has 0 aliphatic rings. The zero-order valence-corrected chi connectivity index (χ0v) is 17.6. The molecule has 2 N–H and O–H groups in total. The maximum atomic E-state index is 13.4. The van der Waals surface area contributed by atoms with Crippen molar-refractivity contribution in [3.05, 3.63) is 47.8 Å². The van der Waals surface area contributed by atoms with Crippen LogP contribution in [0.15, 0.2) is 40.8 Å². The van der Waals surface area contributed by atoms with E-state index in [1.54, 1.807) is 19.2 Å². The molecule has 3 rings (SSSR count). The number of carbonyl (C=O) groups excluding carboxylic acids is 1. The Labute approximate surface area is 170 Å². The van der Waals surface area contributed by atoms with Gasteiger partial charge in [-0.05, 0) is 65.0 Å². The van der Waals surface area contributed by atoms with Gasteiger partial charge in [0, 0.05) is 29.6 Å². The van der Waals surface area contributed by atoms with E-state index >= 15 is 0 Å². The van der Waals surface area contributed by atoms with Gasteiger partial charge >= 0.3 is 0 Å². The number of halogens is 1. The summed E-state index contributed by atoms with van der Waals surface area (Å²) in [6.07, 6.45) is -0.0418. The first-order chi connectivity index (χ1) is 13.6. The van der Waals surface area contributed by atoms with Crippen LogP contribution in [0.25, 0.3) is 22.3 Å². The molecule has 5 nitrogen and oxygen atoms in total. The Morgan fingerprint density at radius 3 is 2.34 bits per heavy atom. The fraction of sp³-hybridized carbons (Fsp3) is 0.348. The zero-order chi connectivity index (χ0) is 21.3. The van der Waals surface area contributed by atoms with Crippen molar-refractivity contribution in [3.8, 4) is 17.1 Å². The van der Waals surface area contributed by atoms with Gasteiger partial charge < -0.3 is 19.8 Å². The van der Waals surface area contributed by atoms with Gasteiger partial charge in [-0.1, -0.05) is 0 Å². The van der Waals surface area contributed by atoms with E-state index < -0.39 is 0 Å². The first-order valence-corrected chi connectivity index (χ1v) is 9.62. The number of ether oxygens (including phenoxy) is 1. The minimum atomic E-state index is -0.351. The molecule has 0 fully saturated rings. The Morgan fingerprint density at radius 1 is 1.14 bits per heavy atom. The predicted octanol–water partition coefficient (Wildman–Crippen LogP) is 5.60. The molecule has 0 aliphatic carbocycles. The fourth-order valence-electron chi connectivity index (χ4n) is 3.13. The van der Waals surface area contributed by atoms with Crippen LogP contribution in [0.1, 0.15) is 45.0 Å². The van der Waals surface area contributed by atoms with Crippen molar-refractivity contribution < 1.29 is 18.3 Å². The Kier molecular flexibility index (Phi) is 5.55. The average Bonchev–Trinajstić information content (AvgIpc) is 2.98. The largest absolute Gasteiger partial charge is 0.489 e. The molecule has 0 bridgehead atoms. The molecule has 0 spiro atoms. The van der Waals surface area contributed by atoms with Crippen LogP contribution in [-0.2, 0) is 0 Å². The molecular weight excluding hydrogens is 371 g/mol.